The molecule has 7 heteroatoms. The second-order valence-corrected chi connectivity index (χ2v) is 5.20. The van der Waals surface area contributed by atoms with Crippen molar-refractivity contribution in [1.82, 2.24) is 0 Å². The van der Waals surface area contributed by atoms with Crippen LogP contribution in [0.25, 0.3) is 0 Å². The van der Waals surface area contributed by atoms with Gasteiger partial charge in [-0.15, -0.1) is 0 Å². The Morgan fingerprint density at radius 2 is 2.27 bits per heavy atom. The van der Waals surface area contributed by atoms with Crippen LogP contribution in [0.2, 0.25) is 0 Å². The quantitative estimate of drug-likeness (QED) is 0.653. The standard InChI is InChI=1S/C8H10BNO4S/c1-15(12,13)10-7-3-2-6-5-14-9(11)8(6)4-7/h2-4,10-11H,5H2,1H3. The normalized spacial score (nSPS) is 15.2. The van der Waals surface area contributed by atoms with Crippen LogP contribution in [-0.4, -0.2) is 26.8 Å². The summed E-state index contributed by atoms with van der Waals surface area (Å²) in [5, 5.41) is 9.40. The molecule has 80 valence electrons. The third-order valence-corrected chi connectivity index (χ3v) is 2.72. The van der Waals surface area contributed by atoms with Crippen molar-refractivity contribution in [3.63, 3.8) is 0 Å². The van der Waals surface area contributed by atoms with E-state index < -0.39 is 17.1 Å². The summed E-state index contributed by atoms with van der Waals surface area (Å²) in [6.45, 7) is 0.357. The van der Waals surface area contributed by atoms with Crippen molar-refractivity contribution in [2.75, 3.05) is 11.0 Å². The van der Waals surface area contributed by atoms with Gasteiger partial charge in [0.15, 0.2) is 0 Å². The van der Waals surface area contributed by atoms with Gasteiger partial charge in [0.05, 0.1) is 12.9 Å². The van der Waals surface area contributed by atoms with E-state index in [9.17, 15) is 13.4 Å². The molecule has 0 saturated carbocycles. The predicted octanol–water partition coefficient (Wildman–Crippen LogP) is -0.724. The highest BCUT2D eigenvalue weighted by Gasteiger charge is 2.27. The molecule has 0 unspecified atom stereocenters. The summed E-state index contributed by atoms with van der Waals surface area (Å²) in [5.74, 6) is 0. The Hall–Kier alpha value is -1.05. The van der Waals surface area contributed by atoms with Gasteiger partial charge in [-0.3, -0.25) is 4.72 Å². The molecule has 0 saturated heterocycles. The molecular formula is C8H10BNO4S. The average molecular weight is 227 g/mol. The number of benzene rings is 1. The lowest BCUT2D eigenvalue weighted by molar-refractivity contribution is 0.275. The summed E-state index contributed by atoms with van der Waals surface area (Å²) in [7, 11) is -4.24. The third kappa shape index (κ3) is 2.31. The Labute approximate surface area is 88.3 Å². The lowest BCUT2D eigenvalue weighted by Crippen LogP contribution is -2.28. The molecule has 15 heavy (non-hydrogen) atoms. The van der Waals surface area contributed by atoms with Crippen molar-refractivity contribution in [3.05, 3.63) is 23.8 Å². The molecule has 2 N–H and O–H groups in total. The number of anilines is 1. The second kappa shape index (κ2) is 3.51. The number of sulfonamides is 1. The van der Waals surface area contributed by atoms with Crippen molar-refractivity contribution >= 4 is 28.3 Å². The van der Waals surface area contributed by atoms with Crippen LogP contribution < -0.4 is 10.2 Å². The van der Waals surface area contributed by atoms with Gasteiger partial charge < -0.3 is 9.68 Å². The molecule has 0 radical (unpaired) electrons. The maximum absolute atomic E-state index is 11.0. The van der Waals surface area contributed by atoms with Gasteiger partial charge in [-0.05, 0) is 23.2 Å². The van der Waals surface area contributed by atoms with Gasteiger partial charge in [-0.1, -0.05) is 6.07 Å². The monoisotopic (exact) mass is 227 g/mol. The Kier molecular flexibility index (Phi) is 2.45. The summed E-state index contributed by atoms with van der Waals surface area (Å²) in [6.07, 6.45) is 1.08. The molecule has 0 fully saturated rings. The van der Waals surface area contributed by atoms with E-state index in [4.69, 9.17) is 4.65 Å². The maximum Gasteiger partial charge on any atom is 0.491 e. The van der Waals surface area contributed by atoms with Crippen molar-refractivity contribution < 1.29 is 18.1 Å². The topological polar surface area (TPSA) is 75.6 Å². The number of rotatable bonds is 2. The Balaban J connectivity index is 2.33. The van der Waals surface area contributed by atoms with Crippen LogP contribution in [0.1, 0.15) is 5.56 Å². The summed E-state index contributed by atoms with van der Waals surface area (Å²) in [5.41, 5.74) is 1.92. The van der Waals surface area contributed by atoms with E-state index in [1.54, 1.807) is 18.2 Å². The van der Waals surface area contributed by atoms with Crippen LogP contribution in [0.4, 0.5) is 5.69 Å². The molecule has 1 heterocycles. The minimum Gasteiger partial charge on any atom is -0.423 e. The van der Waals surface area contributed by atoms with E-state index in [0.717, 1.165) is 11.8 Å². The van der Waals surface area contributed by atoms with Gasteiger partial charge >= 0.3 is 7.12 Å². The fraction of sp³-hybridized carbons (Fsp3) is 0.250. The van der Waals surface area contributed by atoms with Crippen LogP contribution in [-0.2, 0) is 21.3 Å². The van der Waals surface area contributed by atoms with Crippen molar-refractivity contribution in [3.8, 4) is 0 Å². The van der Waals surface area contributed by atoms with Crippen molar-refractivity contribution in [2.45, 2.75) is 6.61 Å². The molecule has 0 bridgehead atoms. The molecule has 0 aromatic heterocycles. The highest BCUT2D eigenvalue weighted by atomic mass is 32.2. The highest BCUT2D eigenvalue weighted by molar-refractivity contribution is 7.92. The largest absolute Gasteiger partial charge is 0.491 e. The van der Waals surface area contributed by atoms with Crippen molar-refractivity contribution in [1.29, 1.82) is 0 Å². The smallest absolute Gasteiger partial charge is 0.423 e. The van der Waals surface area contributed by atoms with E-state index in [1.807, 2.05) is 0 Å². The number of nitrogens with one attached hydrogen (secondary N) is 1. The Bertz CT molecular complexity index is 487. The lowest BCUT2D eigenvalue weighted by atomic mass is 9.79. The van der Waals surface area contributed by atoms with E-state index in [0.29, 0.717) is 17.8 Å². The van der Waals surface area contributed by atoms with Gasteiger partial charge in [0.1, 0.15) is 0 Å². The van der Waals surface area contributed by atoms with E-state index in [2.05, 4.69) is 4.72 Å². The molecule has 0 aliphatic carbocycles. The first kappa shape index (κ1) is 10.5. The summed E-state index contributed by atoms with van der Waals surface area (Å²) in [4.78, 5) is 0. The molecular weight excluding hydrogens is 217 g/mol. The van der Waals surface area contributed by atoms with Gasteiger partial charge in [-0.2, -0.15) is 0 Å². The minimum atomic E-state index is -3.28. The maximum atomic E-state index is 11.0. The lowest BCUT2D eigenvalue weighted by Gasteiger charge is -2.05. The van der Waals surface area contributed by atoms with E-state index in [-0.39, 0.29) is 0 Å². The van der Waals surface area contributed by atoms with Crippen molar-refractivity contribution in [2.24, 2.45) is 0 Å². The molecule has 1 aliphatic heterocycles. The van der Waals surface area contributed by atoms with Gasteiger partial charge in [0.25, 0.3) is 0 Å². The number of hydrogen-bond donors (Lipinski definition) is 2. The fourth-order valence-corrected chi connectivity index (χ4v) is 2.05. The zero-order valence-corrected chi connectivity index (χ0v) is 8.91. The fourth-order valence-electron chi connectivity index (χ4n) is 1.49. The van der Waals surface area contributed by atoms with Crippen LogP contribution in [0.5, 0.6) is 0 Å². The average Bonchev–Trinajstić information content (AvgIpc) is 2.45. The molecule has 5 nitrogen and oxygen atoms in total. The van der Waals surface area contributed by atoms with E-state index >= 15 is 0 Å². The first-order valence-corrected chi connectivity index (χ1v) is 6.25. The Morgan fingerprint density at radius 1 is 1.53 bits per heavy atom. The van der Waals surface area contributed by atoms with Gasteiger partial charge in [0, 0.05) is 5.69 Å². The number of hydrogen-bond acceptors (Lipinski definition) is 4. The molecule has 1 aromatic rings. The van der Waals surface area contributed by atoms with E-state index in [1.165, 1.54) is 0 Å². The molecule has 0 atom stereocenters. The second-order valence-electron chi connectivity index (χ2n) is 3.45. The summed E-state index contributed by atoms with van der Waals surface area (Å²) < 4.78 is 29.3. The zero-order chi connectivity index (χ0) is 11.1. The summed E-state index contributed by atoms with van der Waals surface area (Å²) in [6, 6.07) is 4.95. The summed E-state index contributed by atoms with van der Waals surface area (Å²) >= 11 is 0. The van der Waals surface area contributed by atoms with Crippen LogP contribution >= 0.6 is 0 Å². The first-order valence-electron chi connectivity index (χ1n) is 4.36. The van der Waals surface area contributed by atoms with Crippen LogP contribution in [0.3, 0.4) is 0 Å². The van der Waals surface area contributed by atoms with Gasteiger partial charge in [0.2, 0.25) is 10.0 Å². The van der Waals surface area contributed by atoms with Crippen LogP contribution in [0, 0.1) is 0 Å². The molecule has 1 aliphatic rings. The third-order valence-electron chi connectivity index (χ3n) is 2.11. The van der Waals surface area contributed by atoms with Crippen LogP contribution in [0.15, 0.2) is 18.2 Å². The zero-order valence-electron chi connectivity index (χ0n) is 8.10. The molecule has 2 rings (SSSR count). The minimum absolute atomic E-state index is 0.357. The highest BCUT2D eigenvalue weighted by Crippen LogP contribution is 2.15. The van der Waals surface area contributed by atoms with Gasteiger partial charge in [-0.25, -0.2) is 8.42 Å². The molecule has 0 amide bonds. The predicted molar refractivity (Wildman–Crippen MR) is 57.3 cm³/mol. The first-order chi connectivity index (χ1) is 6.96. The number of fused-ring (bicyclic) bond motifs is 1. The Morgan fingerprint density at radius 3 is 2.93 bits per heavy atom. The molecule has 1 aromatic carbocycles. The SMILES string of the molecule is CS(=O)(=O)Nc1ccc2c(c1)B(O)OC2. The molecule has 0 spiro atoms.